The number of halogens is 2. The first-order valence-electron chi connectivity index (χ1n) is 12.1. The van der Waals surface area contributed by atoms with E-state index in [1.54, 1.807) is 47.4 Å². The van der Waals surface area contributed by atoms with Crippen LogP contribution in [-0.2, 0) is 11.2 Å². The van der Waals surface area contributed by atoms with Crippen molar-refractivity contribution in [1.82, 2.24) is 10.3 Å². The molecule has 190 valence electrons. The molecule has 38 heavy (non-hydrogen) atoms. The van der Waals surface area contributed by atoms with E-state index in [-0.39, 0.29) is 5.91 Å². The Kier molecular flexibility index (Phi) is 7.73. The van der Waals surface area contributed by atoms with Gasteiger partial charge in [0.25, 0.3) is 11.8 Å². The molecule has 6 nitrogen and oxygen atoms in total. The van der Waals surface area contributed by atoms with E-state index < -0.39 is 18.1 Å². The zero-order valence-corrected chi connectivity index (χ0v) is 21.7. The summed E-state index contributed by atoms with van der Waals surface area (Å²) in [6, 6.07) is 30.3. The molecule has 0 saturated heterocycles. The van der Waals surface area contributed by atoms with Crippen molar-refractivity contribution in [3.63, 3.8) is 0 Å². The summed E-state index contributed by atoms with van der Waals surface area (Å²) in [5, 5.41) is 8.81. The van der Waals surface area contributed by atoms with Crippen LogP contribution in [0.2, 0.25) is 10.0 Å². The second kappa shape index (κ2) is 11.5. The molecule has 2 atom stereocenters. The van der Waals surface area contributed by atoms with Gasteiger partial charge >= 0.3 is 0 Å². The Bertz CT molecular complexity index is 1460. The number of hydrogen-bond acceptors (Lipinski definition) is 4. The first-order chi connectivity index (χ1) is 18.5. The summed E-state index contributed by atoms with van der Waals surface area (Å²) in [6.45, 7) is 0. The third-order valence-corrected chi connectivity index (χ3v) is 6.82. The SMILES string of the molecule is O=C(N/N=C/c1ccc(Cl)cc1)C(Cc1ccccc1)N1C(=O)c2ccccc2NC1c1ccc(Cl)cc1. The standard InChI is InChI=1S/C30H24Cl2N4O2/c31-23-14-10-21(11-15-23)19-33-35-29(37)27(18-20-6-2-1-3-7-20)36-28(22-12-16-24(32)17-13-22)34-26-9-5-4-8-25(26)30(36)38/h1-17,19,27-28,34H,18H2,(H,35,37)/b33-19+. The maximum atomic E-state index is 14.0. The number of hydrazone groups is 1. The zero-order valence-electron chi connectivity index (χ0n) is 20.2. The molecule has 0 saturated carbocycles. The molecule has 8 heteroatoms. The van der Waals surface area contributed by atoms with Crippen LogP contribution < -0.4 is 10.7 Å². The van der Waals surface area contributed by atoms with E-state index in [9.17, 15) is 9.59 Å². The molecule has 2 N–H and O–H groups in total. The summed E-state index contributed by atoms with van der Waals surface area (Å²) in [6.07, 6.45) is 1.23. The van der Waals surface area contributed by atoms with E-state index in [1.807, 2.05) is 60.7 Å². The number of nitrogens with zero attached hydrogens (tertiary/aromatic N) is 2. The van der Waals surface area contributed by atoms with Crippen LogP contribution >= 0.6 is 23.2 Å². The molecule has 5 rings (SSSR count). The van der Waals surface area contributed by atoms with Gasteiger partial charge in [-0.15, -0.1) is 0 Å². The Hall–Kier alpha value is -4.13. The largest absolute Gasteiger partial charge is 0.361 e. The van der Waals surface area contributed by atoms with Gasteiger partial charge in [-0.1, -0.05) is 89.9 Å². The van der Waals surface area contributed by atoms with Crippen LogP contribution in [0.25, 0.3) is 0 Å². The Labute approximate surface area is 230 Å². The van der Waals surface area contributed by atoms with Gasteiger partial charge < -0.3 is 10.2 Å². The summed E-state index contributed by atoms with van der Waals surface area (Å²) in [7, 11) is 0. The number of hydrogen-bond donors (Lipinski definition) is 2. The van der Waals surface area contributed by atoms with Crippen molar-refractivity contribution in [2.75, 3.05) is 5.32 Å². The summed E-state index contributed by atoms with van der Waals surface area (Å²) in [5.41, 5.74) is 6.33. The van der Waals surface area contributed by atoms with Crippen LogP contribution in [0.4, 0.5) is 5.69 Å². The number of benzene rings is 4. The quantitative estimate of drug-likeness (QED) is 0.212. The highest BCUT2D eigenvalue weighted by Crippen LogP contribution is 2.35. The van der Waals surface area contributed by atoms with E-state index in [0.717, 1.165) is 16.7 Å². The lowest BCUT2D eigenvalue weighted by Gasteiger charge is -2.42. The fourth-order valence-corrected chi connectivity index (χ4v) is 4.68. The maximum absolute atomic E-state index is 14.0. The number of para-hydroxylation sites is 1. The molecule has 0 aliphatic carbocycles. The first kappa shape index (κ1) is 25.5. The van der Waals surface area contributed by atoms with E-state index in [1.165, 1.54) is 6.21 Å². The summed E-state index contributed by atoms with van der Waals surface area (Å²) in [4.78, 5) is 29.2. The molecule has 0 fully saturated rings. The predicted molar refractivity (Wildman–Crippen MR) is 152 cm³/mol. The minimum absolute atomic E-state index is 0.253. The lowest BCUT2D eigenvalue weighted by molar-refractivity contribution is -0.126. The topological polar surface area (TPSA) is 73.8 Å². The molecule has 1 aliphatic rings. The molecule has 2 amide bonds. The highest BCUT2D eigenvalue weighted by atomic mass is 35.5. The van der Waals surface area contributed by atoms with Crippen LogP contribution in [0.15, 0.2) is 108 Å². The Morgan fingerprint density at radius 1 is 0.895 bits per heavy atom. The first-order valence-corrected chi connectivity index (χ1v) is 12.8. The minimum atomic E-state index is -0.867. The van der Waals surface area contributed by atoms with Crippen molar-refractivity contribution in [2.45, 2.75) is 18.6 Å². The van der Waals surface area contributed by atoms with Gasteiger partial charge in [-0.3, -0.25) is 9.59 Å². The van der Waals surface area contributed by atoms with Crippen molar-refractivity contribution in [2.24, 2.45) is 5.10 Å². The third-order valence-electron chi connectivity index (χ3n) is 6.32. The minimum Gasteiger partial charge on any atom is -0.361 e. The number of anilines is 1. The Balaban J connectivity index is 1.52. The van der Waals surface area contributed by atoms with Gasteiger partial charge in [0.2, 0.25) is 0 Å². The third kappa shape index (κ3) is 5.72. The van der Waals surface area contributed by atoms with Crippen LogP contribution in [0, 0.1) is 0 Å². The van der Waals surface area contributed by atoms with E-state index in [2.05, 4.69) is 15.8 Å². The predicted octanol–water partition coefficient (Wildman–Crippen LogP) is 6.32. The number of carbonyl (C=O) groups is 2. The highest BCUT2D eigenvalue weighted by molar-refractivity contribution is 6.30. The monoisotopic (exact) mass is 542 g/mol. The molecular formula is C30H24Cl2N4O2. The summed E-state index contributed by atoms with van der Waals surface area (Å²) >= 11 is 12.1. The molecule has 0 spiro atoms. The number of carbonyl (C=O) groups excluding carboxylic acids is 2. The van der Waals surface area contributed by atoms with Gasteiger partial charge in [0.15, 0.2) is 0 Å². The van der Waals surface area contributed by atoms with Crippen molar-refractivity contribution < 1.29 is 9.59 Å². The lowest BCUT2D eigenvalue weighted by atomic mass is 9.97. The second-order valence-electron chi connectivity index (χ2n) is 8.85. The number of fused-ring (bicyclic) bond motifs is 1. The highest BCUT2D eigenvalue weighted by Gasteiger charge is 2.40. The number of rotatable bonds is 7. The molecule has 4 aromatic carbocycles. The number of amides is 2. The van der Waals surface area contributed by atoms with Crippen molar-refractivity contribution in [3.05, 3.63) is 135 Å². The summed E-state index contributed by atoms with van der Waals surface area (Å²) in [5.74, 6) is -0.662. The van der Waals surface area contributed by atoms with Gasteiger partial charge in [0.05, 0.1) is 11.8 Å². The zero-order chi connectivity index (χ0) is 26.5. The van der Waals surface area contributed by atoms with Gasteiger partial charge in [-0.2, -0.15) is 5.10 Å². The lowest BCUT2D eigenvalue weighted by Crippen LogP contribution is -2.55. The number of nitrogens with one attached hydrogen (secondary N) is 2. The van der Waals surface area contributed by atoms with Crippen molar-refractivity contribution in [3.8, 4) is 0 Å². The van der Waals surface area contributed by atoms with Crippen LogP contribution in [0.5, 0.6) is 0 Å². The van der Waals surface area contributed by atoms with Gasteiger partial charge in [-0.05, 0) is 53.1 Å². The van der Waals surface area contributed by atoms with Crippen LogP contribution in [-0.4, -0.2) is 29.0 Å². The molecule has 1 heterocycles. The van der Waals surface area contributed by atoms with Crippen LogP contribution in [0.3, 0.4) is 0 Å². The maximum Gasteiger partial charge on any atom is 0.263 e. The average molecular weight is 543 g/mol. The average Bonchev–Trinajstić information content (AvgIpc) is 2.94. The molecule has 1 aliphatic heterocycles. The van der Waals surface area contributed by atoms with Gasteiger partial charge in [-0.25, -0.2) is 5.43 Å². The molecule has 4 aromatic rings. The van der Waals surface area contributed by atoms with E-state index >= 15 is 0 Å². The fraction of sp³-hybridized carbons (Fsp3) is 0.100. The normalized spacial score (nSPS) is 15.6. The van der Waals surface area contributed by atoms with Gasteiger partial charge in [0, 0.05) is 22.2 Å². The Morgan fingerprint density at radius 2 is 1.53 bits per heavy atom. The van der Waals surface area contributed by atoms with Crippen LogP contribution in [0.1, 0.15) is 33.2 Å². The fourth-order valence-electron chi connectivity index (χ4n) is 4.43. The molecule has 0 radical (unpaired) electrons. The molecule has 0 bridgehead atoms. The Morgan fingerprint density at radius 3 is 2.24 bits per heavy atom. The van der Waals surface area contributed by atoms with E-state index in [0.29, 0.717) is 27.7 Å². The molecular weight excluding hydrogens is 519 g/mol. The smallest absolute Gasteiger partial charge is 0.263 e. The van der Waals surface area contributed by atoms with Gasteiger partial charge in [0.1, 0.15) is 12.2 Å². The second-order valence-corrected chi connectivity index (χ2v) is 9.72. The van der Waals surface area contributed by atoms with Crippen molar-refractivity contribution in [1.29, 1.82) is 0 Å². The summed E-state index contributed by atoms with van der Waals surface area (Å²) < 4.78 is 0. The molecule has 0 aromatic heterocycles. The molecule has 2 unspecified atom stereocenters. The van der Waals surface area contributed by atoms with E-state index in [4.69, 9.17) is 23.2 Å². The van der Waals surface area contributed by atoms with Crippen molar-refractivity contribution >= 4 is 46.9 Å².